The standard InChI is InChI=1S/C22H21ClN2O4S/c23-16-10-14(11-18-21(16)29-9-8-28-18)12-20(26)25(13-15-4-3-7-27-15)22-24-17-5-1-2-6-19(17)30-22/h1-2,5-6,10-11,15H,3-4,7-9,12-13H2/t15-/m1/s1. The van der Waals surface area contributed by atoms with E-state index in [0.717, 1.165) is 35.2 Å². The van der Waals surface area contributed by atoms with Crippen molar-refractivity contribution in [1.29, 1.82) is 0 Å². The Morgan fingerprint density at radius 3 is 2.90 bits per heavy atom. The summed E-state index contributed by atoms with van der Waals surface area (Å²) in [6, 6.07) is 11.5. The van der Waals surface area contributed by atoms with Crippen LogP contribution in [0, 0.1) is 0 Å². The molecular formula is C22H21ClN2O4S. The van der Waals surface area contributed by atoms with Crippen LogP contribution < -0.4 is 14.4 Å². The van der Waals surface area contributed by atoms with Gasteiger partial charge in [-0.05, 0) is 42.7 Å². The Morgan fingerprint density at radius 1 is 1.20 bits per heavy atom. The highest BCUT2D eigenvalue weighted by atomic mass is 35.5. The number of thiazole rings is 1. The Hall–Kier alpha value is -2.35. The zero-order chi connectivity index (χ0) is 20.5. The van der Waals surface area contributed by atoms with Crippen LogP contribution in [0.4, 0.5) is 5.13 Å². The Kier molecular flexibility index (Phi) is 5.50. The number of hydrogen-bond acceptors (Lipinski definition) is 6. The molecule has 1 aromatic heterocycles. The normalized spacial score (nSPS) is 18.0. The highest BCUT2D eigenvalue weighted by molar-refractivity contribution is 7.22. The van der Waals surface area contributed by atoms with Crippen LogP contribution in [-0.2, 0) is 16.0 Å². The number of anilines is 1. The van der Waals surface area contributed by atoms with Crippen molar-refractivity contribution in [2.45, 2.75) is 25.4 Å². The van der Waals surface area contributed by atoms with E-state index in [0.29, 0.717) is 41.4 Å². The number of carbonyl (C=O) groups is 1. The lowest BCUT2D eigenvalue weighted by atomic mass is 10.1. The van der Waals surface area contributed by atoms with Crippen molar-refractivity contribution in [3.8, 4) is 11.5 Å². The lowest BCUT2D eigenvalue weighted by Crippen LogP contribution is -2.38. The number of carbonyl (C=O) groups excluding carboxylic acids is 1. The smallest absolute Gasteiger partial charge is 0.233 e. The Morgan fingerprint density at radius 2 is 2.07 bits per heavy atom. The van der Waals surface area contributed by atoms with Crippen LogP contribution in [0.1, 0.15) is 18.4 Å². The quantitative estimate of drug-likeness (QED) is 0.580. The third kappa shape index (κ3) is 3.97. The molecule has 3 aromatic rings. The topological polar surface area (TPSA) is 60.9 Å². The first-order valence-corrected chi connectivity index (χ1v) is 11.2. The highest BCUT2D eigenvalue weighted by Gasteiger charge is 2.27. The summed E-state index contributed by atoms with van der Waals surface area (Å²) in [5.74, 6) is 1.08. The molecular weight excluding hydrogens is 424 g/mol. The van der Waals surface area contributed by atoms with E-state index in [2.05, 4.69) is 0 Å². The number of fused-ring (bicyclic) bond motifs is 2. The van der Waals surface area contributed by atoms with E-state index in [4.69, 9.17) is 30.8 Å². The highest BCUT2D eigenvalue weighted by Crippen LogP contribution is 2.39. The molecule has 0 spiro atoms. The number of para-hydroxylation sites is 1. The number of halogens is 1. The van der Waals surface area contributed by atoms with Gasteiger partial charge in [0.05, 0.1) is 34.3 Å². The molecule has 0 N–H and O–H groups in total. The fourth-order valence-corrected chi connectivity index (χ4v) is 5.07. The van der Waals surface area contributed by atoms with Gasteiger partial charge in [0.2, 0.25) is 5.91 Å². The summed E-state index contributed by atoms with van der Waals surface area (Å²) in [5, 5.41) is 1.15. The maximum Gasteiger partial charge on any atom is 0.233 e. The minimum absolute atomic E-state index is 0.0322. The fourth-order valence-electron chi connectivity index (χ4n) is 3.79. The third-order valence-corrected chi connectivity index (χ3v) is 6.58. The minimum Gasteiger partial charge on any atom is -0.486 e. The number of nitrogens with zero attached hydrogens (tertiary/aromatic N) is 2. The SMILES string of the molecule is O=C(Cc1cc(Cl)c2c(c1)OCCO2)N(C[C@H]1CCCO1)c1nc2ccccc2s1. The van der Waals surface area contributed by atoms with Gasteiger partial charge in [0.25, 0.3) is 0 Å². The second-order valence-corrected chi connectivity index (χ2v) is 8.80. The number of rotatable bonds is 5. The maximum absolute atomic E-state index is 13.4. The van der Waals surface area contributed by atoms with Crippen molar-refractivity contribution in [2.24, 2.45) is 0 Å². The zero-order valence-corrected chi connectivity index (χ0v) is 17.9. The van der Waals surface area contributed by atoms with Gasteiger partial charge < -0.3 is 14.2 Å². The van der Waals surface area contributed by atoms with Crippen LogP contribution in [-0.4, -0.2) is 43.4 Å². The molecule has 5 rings (SSSR count). The minimum atomic E-state index is -0.0442. The second-order valence-electron chi connectivity index (χ2n) is 7.38. The van der Waals surface area contributed by atoms with Gasteiger partial charge in [0.1, 0.15) is 13.2 Å². The first-order valence-electron chi connectivity index (χ1n) is 10.0. The summed E-state index contributed by atoms with van der Waals surface area (Å²) in [4.78, 5) is 19.8. The van der Waals surface area contributed by atoms with E-state index in [1.54, 1.807) is 11.0 Å². The molecule has 1 fully saturated rings. The molecule has 3 heterocycles. The van der Waals surface area contributed by atoms with Gasteiger partial charge in [0, 0.05) is 6.61 Å². The lowest BCUT2D eigenvalue weighted by Gasteiger charge is -2.24. The molecule has 0 aliphatic carbocycles. The first-order chi connectivity index (χ1) is 14.7. The molecule has 2 aromatic carbocycles. The number of benzene rings is 2. The van der Waals surface area contributed by atoms with E-state index >= 15 is 0 Å². The van der Waals surface area contributed by atoms with Crippen LogP contribution in [0.5, 0.6) is 11.5 Å². The molecule has 8 heteroatoms. The monoisotopic (exact) mass is 444 g/mol. The summed E-state index contributed by atoms with van der Waals surface area (Å²) in [5.41, 5.74) is 1.68. The van der Waals surface area contributed by atoms with Crippen LogP contribution in [0.3, 0.4) is 0 Å². The predicted octanol–water partition coefficient (Wildman–Crippen LogP) is 4.48. The van der Waals surface area contributed by atoms with E-state index < -0.39 is 0 Å². The Labute approximate surface area is 183 Å². The Balaban J connectivity index is 1.43. The molecule has 1 atom stereocenters. The van der Waals surface area contributed by atoms with Gasteiger partial charge in [-0.25, -0.2) is 4.98 Å². The van der Waals surface area contributed by atoms with Crippen molar-refractivity contribution >= 4 is 44.2 Å². The van der Waals surface area contributed by atoms with E-state index in [1.165, 1.54) is 11.3 Å². The maximum atomic E-state index is 13.4. The molecule has 30 heavy (non-hydrogen) atoms. The molecule has 156 valence electrons. The molecule has 1 amide bonds. The molecule has 0 radical (unpaired) electrons. The van der Waals surface area contributed by atoms with Crippen molar-refractivity contribution in [2.75, 3.05) is 31.3 Å². The number of hydrogen-bond donors (Lipinski definition) is 0. The van der Waals surface area contributed by atoms with Crippen LogP contribution in [0.15, 0.2) is 36.4 Å². The largest absolute Gasteiger partial charge is 0.486 e. The second kappa shape index (κ2) is 8.41. The molecule has 0 unspecified atom stereocenters. The van der Waals surface area contributed by atoms with Crippen molar-refractivity contribution < 1.29 is 19.0 Å². The number of amides is 1. The van der Waals surface area contributed by atoms with Crippen LogP contribution in [0.2, 0.25) is 5.02 Å². The van der Waals surface area contributed by atoms with E-state index in [-0.39, 0.29) is 18.4 Å². The van der Waals surface area contributed by atoms with Gasteiger partial charge in [0.15, 0.2) is 16.6 Å². The summed E-state index contributed by atoms with van der Waals surface area (Å²) < 4.78 is 18.1. The van der Waals surface area contributed by atoms with Gasteiger partial charge in [-0.15, -0.1) is 0 Å². The molecule has 2 aliphatic rings. The van der Waals surface area contributed by atoms with Crippen molar-refractivity contribution in [3.05, 3.63) is 47.0 Å². The molecule has 1 saturated heterocycles. The van der Waals surface area contributed by atoms with Gasteiger partial charge in [-0.3, -0.25) is 9.69 Å². The molecule has 6 nitrogen and oxygen atoms in total. The lowest BCUT2D eigenvalue weighted by molar-refractivity contribution is -0.118. The van der Waals surface area contributed by atoms with Crippen LogP contribution >= 0.6 is 22.9 Å². The third-order valence-electron chi connectivity index (χ3n) is 5.24. The molecule has 0 bridgehead atoms. The first kappa shape index (κ1) is 19.6. The molecule has 0 saturated carbocycles. The van der Waals surface area contributed by atoms with Gasteiger partial charge >= 0.3 is 0 Å². The van der Waals surface area contributed by atoms with Crippen LogP contribution in [0.25, 0.3) is 10.2 Å². The fraction of sp³-hybridized carbons (Fsp3) is 0.364. The van der Waals surface area contributed by atoms with Crippen molar-refractivity contribution in [1.82, 2.24) is 4.98 Å². The van der Waals surface area contributed by atoms with Gasteiger partial charge in [-0.1, -0.05) is 35.1 Å². The van der Waals surface area contributed by atoms with Crippen molar-refractivity contribution in [3.63, 3.8) is 0 Å². The number of aromatic nitrogens is 1. The summed E-state index contributed by atoms with van der Waals surface area (Å²) in [6.07, 6.45) is 2.19. The van der Waals surface area contributed by atoms with Gasteiger partial charge in [-0.2, -0.15) is 0 Å². The predicted molar refractivity (Wildman–Crippen MR) is 117 cm³/mol. The number of ether oxygens (including phenoxy) is 3. The summed E-state index contributed by atoms with van der Waals surface area (Å²) in [7, 11) is 0. The van der Waals surface area contributed by atoms with E-state index in [9.17, 15) is 4.79 Å². The average Bonchev–Trinajstić information content (AvgIpc) is 3.41. The summed E-state index contributed by atoms with van der Waals surface area (Å²) >= 11 is 7.88. The summed E-state index contributed by atoms with van der Waals surface area (Å²) in [6.45, 7) is 2.18. The average molecular weight is 445 g/mol. The zero-order valence-electron chi connectivity index (χ0n) is 16.3. The Bertz CT molecular complexity index is 1050. The molecule has 2 aliphatic heterocycles. The van der Waals surface area contributed by atoms with E-state index in [1.807, 2.05) is 30.3 Å².